The molecule has 1 unspecified atom stereocenters. The Bertz CT molecular complexity index is 664. The first kappa shape index (κ1) is 11.0. The van der Waals surface area contributed by atoms with Gasteiger partial charge in [0.1, 0.15) is 5.69 Å². The van der Waals surface area contributed by atoms with E-state index >= 15 is 0 Å². The lowest BCUT2D eigenvalue weighted by Gasteiger charge is -2.18. The van der Waals surface area contributed by atoms with Crippen LogP contribution in [0, 0.1) is 0 Å². The van der Waals surface area contributed by atoms with Gasteiger partial charge in [-0.05, 0) is 25.3 Å². The quantitative estimate of drug-likeness (QED) is 0.736. The first-order valence-corrected chi connectivity index (χ1v) is 6.57. The topological polar surface area (TPSA) is 73.2 Å². The first-order valence-electron chi connectivity index (χ1n) is 6.57. The third-order valence-electron chi connectivity index (χ3n) is 4.27. The number of ketones is 2. The lowest BCUT2D eigenvalue weighted by atomic mass is 9.90. The van der Waals surface area contributed by atoms with Crippen LogP contribution in [-0.2, 0) is 6.42 Å². The number of H-pyrrole nitrogens is 1. The Morgan fingerprint density at radius 1 is 1.26 bits per heavy atom. The summed E-state index contributed by atoms with van der Waals surface area (Å²) < 4.78 is 0. The number of allylic oxidation sites excluding steroid dienone is 2. The van der Waals surface area contributed by atoms with E-state index in [1.54, 1.807) is 6.92 Å². The number of rotatable bonds is 1. The molecule has 1 saturated heterocycles. The molecule has 2 aliphatic carbocycles. The summed E-state index contributed by atoms with van der Waals surface area (Å²) in [6, 6.07) is 0. The van der Waals surface area contributed by atoms with Crippen molar-refractivity contribution in [2.45, 2.75) is 25.9 Å². The summed E-state index contributed by atoms with van der Waals surface area (Å²) in [4.78, 5) is 29.9. The highest BCUT2D eigenvalue weighted by Gasteiger charge is 2.41. The lowest BCUT2D eigenvalue weighted by Crippen LogP contribution is -2.25. The predicted octanol–water partition coefficient (Wildman–Crippen LogP) is 0.963. The first-order chi connectivity index (χ1) is 9.09. The van der Waals surface area contributed by atoms with Gasteiger partial charge in [0.05, 0.1) is 17.4 Å². The second-order valence-corrected chi connectivity index (χ2v) is 5.44. The van der Waals surface area contributed by atoms with E-state index < -0.39 is 6.10 Å². The molecule has 0 radical (unpaired) electrons. The van der Waals surface area contributed by atoms with E-state index in [1.807, 2.05) is 4.90 Å². The maximum atomic E-state index is 12.5. The second-order valence-electron chi connectivity index (χ2n) is 5.44. The number of Topliss-reactive ketones (excluding diaryl/α,β-unsaturated/α-hetero) is 2. The zero-order valence-corrected chi connectivity index (χ0v) is 10.6. The van der Waals surface area contributed by atoms with Crippen molar-refractivity contribution in [2.75, 3.05) is 13.1 Å². The van der Waals surface area contributed by atoms with Gasteiger partial charge in [-0.25, -0.2) is 0 Å². The Hall–Kier alpha value is -1.88. The Morgan fingerprint density at radius 2 is 2.00 bits per heavy atom. The molecule has 5 nitrogen and oxygen atoms in total. The largest absolute Gasteiger partial charge is 0.387 e. The maximum Gasteiger partial charge on any atom is 0.226 e. The third-order valence-corrected chi connectivity index (χ3v) is 4.27. The summed E-state index contributed by atoms with van der Waals surface area (Å²) >= 11 is 0. The normalized spacial score (nSPS) is 24.9. The summed E-state index contributed by atoms with van der Waals surface area (Å²) in [6.45, 7) is 3.40. The molecule has 0 spiro atoms. The molecule has 2 heterocycles. The highest BCUT2D eigenvalue weighted by molar-refractivity contribution is 6.26. The Morgan fingerprint density at radius 3 is 2.68 bits per heavy atom. The molecule has 2 N–H and O–H groups in total. The van der Waals surface area contributed by atoms with Gasteiger partial charge in [0, 0.05) is 24.4 Å². The van der Waals surface area contributed by atoms with Crippen molar-refractivity contribution in [3.8, 4) is 0 Å². The van der Waals surface area contributed by atoms with Crippen LogP contribution in [0.4, 0.5) is 0 Å². The summed E-state index contributed by atoms with van der Waals surface area (Å²) in [5.41, 5.74) is 3.45. The number of aliphatic hydroxyl groups excluding tert-OH is 1. The van der Waals surface area contributed by atoms with Gasteiger partial charge < -0.3 is 15.0 Å². The summed E-state index contributed by atoms with van der Waals surface area (Å²) in [6.07, 6.45) is 0.705. The average Bonchev–Trinajstić information content (AvgIpc) is 3.03. The Kier molecular flexibility index (Phi) is 1.94. The summed E-state index contributed by atoms with van der Waals surface area (Å²) in [5, 5.41) is 9.88. The monoisotopic (exact) mass is 258 g/mol. The van der Waals surface area contributed by atoms with Crippen LogP contribution < -0.4 is 0 Å². The zero-order valence-electron chi connectivity index (χ0n) is 10.6. The minimum absolute atomic E-state index is 0.0666. The molecule has 4 rings (SSSR count). The molecule has 5 heteroatoms. The number of nitrogens with zero attached hydrogens (tertiary/aromatic N) is 1. The number of hydrogen-bond acceptors (Lipinski definition) is 4. The van der Waals surface area contributed by atoms with E-state index in [1.165, 1.54) is 0 Å². The SMILES string of the molecule is CC1=C(N2CC2)C(=O)c2[nH]c3c(c2C1=O)CCC3O. The van der Waals surface area contributed by atoms with Gasteiger partial charge in [0.15, 0.2) is 5.78 Å². The molecule has 0 bridgehead atoms. The van der Waals surface area contributed by atoms with Crippen LogP contribution in [0.25, 0.3) is 0 Å². The molecule has 0 amide bonds. The van der Waals surface area contributed by atoms with Crippen molar-refractivity contribution in [3.63, 3.8) is 0 Å². The van der Waals surface area contributed by atoms with Crippen molar-refractivity contribution in [1.29, 1.82) is 0 Å². The van der Waals surface area contributed by atoms with Gasteiger partial charge in [-0.2, -0.15) is 0 Å². The van der Waals surface area contributed by atoms with Crippen molar-refractivity contribution >= 4 is 11.6 Å². The Labute approximate surface area is 109 Å². The molecule has 1 fully saturated rings. The molecular formula is C14H14N2O3. The van der Waals surface area contributed by atoms with Crippen molar-refractivity contribution in [2.24, 2.45) is 0 Å². The van der Waals surface area contributed by atoms with Crippen LogP contribution in [-0.4, -0.2) is 39.6 Å². The van der Waals surface area contributed by atoms with Gasteiger partial charge in [-0.3, -0.25) is 9.59 Å². The fourth-order valence-corrected chi connectivity index (χ4v) is 3.19. The highest BCUT2D eigenvalue weighted by Crippen LogP contribution is 2.40. The summed E-state index contributed by atoms with van der Waals surface area (Å²) in [5.74, 6) is -0.172. The number of carbonyl (C=O) groups excluding carboxylic acids is 2. The van der Waals surface area contributed by atoms with Gasteiger partial charge in [0.25, 0.3) is 0 Å². The van der Waals surface area contributed by atoms with E-state index in [4.69, 9.17) is 0 Å². The molecule has 0 aromatic carbocycles. The highest BCUT2D eigenvalue weighted by atomic mass is 16.3. The number of aromatic amines is 1. The summed E-state index contributed by atoms with van der Waals surface area (Å²) in [7, 11) is 0. The minimum Gasteiger partial charge on any atom is -0.387 e. The maximum absolute atomic E-state index is 12.5. The van der Waals surface area contributed by atoms with E-state index in [9.17, 15) is 14.7 Å². The smallest absolute Gasteiger partial charge is 0.226 e. The van der Waals surface area contributed by atoms with Gasteiger partial charge in [0.2, 0.25) is 5.78 Å². The molecule has 1 aromatic rings. The fourth-order valence-electron chi connectivity index (χ4n) is 3.19. The van der Waals surface area contributed by atoms with E-state index in [0.29, 0.717) is 41.1 Å². The standard InChI is InChI=1S/C14H14N2O3/c1-6-12(16-4-5-16)14(19)11-9(13(6)18)7-2-3-8(17)10(7)15-11/h8,15,17H,2-5H2,1H3. The average molecular weight is 258 g/mol. The number of aliphatic hydroxyl groups is 1. The van der Waals surface area contributed by atoms with Gasteiger partial charge in [-0.1, -0.05) is 0 Å². The van der Waals surface area contributed by atoms with Crippen molar-refractivity contribution < 1.29 is 14.7 Å². The van der Waals surface area contributed by atoms with Crippen LogP contribution >= 0.6 is 0 Å². The van der Waals surface area contributed by atoms with Gasteiger partial charge >= 0.3 is 0 Å². The van der Waals surface area contributed by atoms with Crippen molar-refractivity contribution in [1.82, 2.24) is 9.88 Å². The van der Waals surface area contributed by atoms with Gasteiger partial charge in [-0.15, -0.1) is 0 Å². The molecule has 0 saturated carbocycles. The zero-order chi connectivity index (χ0) is 13.3. The number of fused-ring (bicyclic) bond motifs is 3. The second kappa shape index (κ2) is 3.36. The third kappa shape index (κ3) is 1.28. The number of carbonyl (C=O) groups is 2. The number of nitrogens with one attached hydrogen (secondary N) is 1. The van der Waals surface area contributed by atoms with Crippen LogP contribution in [0.1, 0.15) is 51.6 Å². The molecular weight excluding hydrogens is 244 g/mol. The predicted molar refractivity (Wildman–Crippen MR) is 67.0 cm³/mol. The molecule has 1 atom stereocenters. The number of aromatic nitrogens is 1. The molecule has 1 aromatic heterocycles. The van der Waals surface area contributed by atoms with Crippen molar-refractivity contribution in [3.05, 3.63) is 33.8 Å². The van der Waals surface area contributed by atoms with Crippen LogP contribution in [0.2, 0.25) is 0 Å². The minimum atomic E-state index is -0.578. The molecule has 1 aliphatic heterocycles. The fraction of sp³-hybridized carbons (Fsp3) is 0.429. The number of hydrogen-bond donors (Lipinski definition) is 2. The molecule has 98 valence electrons. The Balaban J connectivity index is 1.93. The van der Waals surface area contributed by atoms with Crippen LogP contribution in [0.15, 0.2) is 11.3 Å². The van der Waals surface area contributed by atoms with E-state index in [0.717, 1.165) is 18.7 Å². The van der Waals surface area contributed by atoms with Crippen LogP contribution in [0.3, 0.4) is 0 Å². The molecule has 3 aliphatic rings. The molecule has 19 heavy (non-hydrogen) atoms. The van der Waals surface area contributed by atoms with E-state index in [-0.39, 0.29) is 11.6 Å². The van der Waals surface area contributed by atoms with E-state index in [2.05, 4.69) is 4.98 Å². The van der Waals surface area contributed by atoms with Crippen LogP contribution in [0.5, 0.6) is 0 Å². The lowest BCUT2D eigenvalue weighted by molar-refractivity contribution is 0.0957.